The second-order valence-corrected chi connectivity index (χ2v) is 4.73. The normalized spacial score (nSPS) is 12.0. The SMILES string of the molecule is CCC(CC)N(C)CCNCCN(CC)CC. The van der Waals surface area contributed by atoms with E-state index in [1.54, 1.807) is 0 Å². The van der Waals surface area contributed by atoms with Gasteiger partial charge in [0.2, 0.25) is 0 Å². The highest BCUT2D eigenvalue weighted by Gasteiger charge is 2.08. The van der Waals surface area contributed by atoms with Gasteiger partial charge in [0, 0.05) is 32.2 Å². The molecule has 0 aliphatic rings. The highest BCUT2D eigenvalue weighted by Crippen LogP contribution is 2.04. The Bertz CT molecular complexity index is 154. The molecule has 0 unspecified atom stereocenters. The Balaban J connectivity index is 3.50. The van der Waals surface area contributed by atoms with Gasteiger partial charge in [0.05, 0.1) is 0 Å². The lowest BCUT2D eigenvalue weighted by molar-refractivity contribution is 0.227. The zero-order valence-electron chi connectivity index (χ0n) is 12.6. The summed E-state index contributed by atoms with van der Waals surface area (Å²) >= 11 is 0. The van der Waals surface area contributed by atoms with Crippen molar-refractivity contribution in [1.29, 1.82) is 0 Å². The zero-order chi connectivity index (χ0) is 13.1. The smallest absolute Gasteiger partial charge is 0.0107 e. The molecule has 0 aromatic heterocycles. The van der Waals surface area contributed by atoms with E-state index in [4.69, 9.17) is 0 Å². The Morgan fingerprint density at radius 2 is 1.41 bits per heavy atom. The lowest BCUT2D eigenvalue weighted by atomic mass is 10.1. The molecule has 0 spiro atoms. The molecular formula is C14H33N3. The van der Waals surface area contributed by atoms with Crippen molar-refractivity contribution in [2.45, 2.75) is 46.6 Å². The van der Waals surface area contributed by atoms with Crippen LogP contribution in [0.2, 0.25) is 0 Å². The molecular weight excluding hydrogens is 210 g/mol. The largest absolute Gasteiger partial charge is 0.314 e. The zero-order valence-corrected chi connectivity index (χ0v) is 12.6. The minimum Gasteiger partial charge on any atom is -0.314 e. The van der Waals surface area contributed by atoms with E-state index in [0.29, 0.717) is 0 Å². The van der Waals surface area contributed by atoms with Gasteiger partial charge in [-0.05, 0) is 33.0 Å². The summed E-state index contributed by atoms with van der Waals surface area (Å²) in [6, 6.07) is 0.750. The third kappa shape index (κ3) is 7.74. The van der Waals surface area contributed by atoms with E-state index in [1.165, 1.54) is 19.4 Å². The van der Waals surface area contributed by atoms with E-state index in [9.17, 15) is 0 Å². The third-order valence-corrected chi connectivity index (χ3v) is 3.71. The number of nitrogens with zero attached hydrogens (tertiary/aromatic N) is 2. The van der Waals surface area contributed by atoms with Gasteiger partial charge in [0.15, 0.2) is 0 Å². The molecule has 0 atom stereocenters. The van der Waals surface area contributed by atoms with Crippen LogP contribution in [0.3, 0.4) is 0 Å². The number of nitrogens with one attached hydrogen (secondary N) is 1. The highest BCUT2D eigenvalue weighted by molar-refractivity contribution is 4.66. The molecule has 0 heterocycles. The summed E-state index contributed by atoms with van der Waals surface area (Å²) in [5.74, 6) is 0. The van der Waals surface area contributed by atoms with Gasteiger partial charge < -0.3 is 15.1 Å². The minimum atomic E-state index is 0.750. The Hall–Kier alpha value is -0.120. The first kappa shape index (κ1) is 16.9. The Morgan fingerprint density at radius 1 is 0.882 bits per heavy atom. The molecule has 104 valence electrons. The lowest BCUT2D eigenvalue weighted by Crippen LogP contribution is -2.38. The first-order chi connectivity index (χ1) is 8.19. The average Bonchev–Trinajstić information content (AvgIpc) is 2.35. The van der Waals surface area contributed by atoms with E-state index >= 15 is 0 Å². The molecule has 0 radical (unpaired) electrons. The molecule has 0 saturated carbocycles. The van der Waals surface area contributed by atoms with Crippen LogP contribution in [0.1, 0.15) is 40.5 Å². The molecule has 0 saturated heterocycles. The van der Waals surface area contributed by atoms with Gasteiger partial charge in [0.25, 0.3) is 0 Å². The van der Waals surface area contributed by atoms with Gasteiger partial charge in [-0.2, -0.15) is 0 Å². The van der Waals surface area contributed by atoms with Crippen molar-refractivity contribution in [3.05, 3.63) is 0 Å². The molecule has 3 heteroatoms. The van der Waals surface area contributed by atoms with E-state index in [1.807, 2.05) is 0 Å². The van der Waals surface area contributed by atoms with Crippen molar-refractivity contribution < 1.29 is 0 Å². The van der Waals surface area contributed by atoms with Crippen LogP contribution in [0, 0.1) is 0 Å². The fourth-order valence-electron chi connectivity index (χ4n) is 2.25. The molecule has 0 aliphatic heterocycles. The molecule has 3 nitrogen and oxygen atoms in total. The quantitative estimate of drug-likeness (QED) is 0.560. The molecule has 0 aromatic carbocycles. The summed E-state index contributed by atoms with van der Waals surface area (Å²) in [5.41, 5.74) is 0. The summed E-state index contributed by atoms with van der Waals surface area (Å²) in [6.45, 7) is 15.9. The van der Waals surface area contributed by atoms with Gasteiger partial charge in [-0.25, -0.2) is 0 Å². The Morgan fingerprint density at radius 3 is 1.88 bits per heavy atom. The van der Waals surface area contributed by atoms with Crippen molar-refractivity contribution in [1.82, 2.24) is 15.1 Å². The van der Waals surface area contributed by atoms with Gasteiger partial charge in [-0.3, -0.25) is 0 Å². The number of hydrogen-bond acceptors (Lipinski definition) is 3. The summed E-state index contributed by atoms with van der Waals surface area (Å²) in [6.07, 6.45) is 2.51. The van der Waals surface area contributed by atoms with Crippen LogP contribution in [0.5, 0.6) is 0 Å². The molecule has 0 amide bonds. The van der Waals surface area contributed by atoms with Gasteiger partial charge in [-0.15, -0.1) is 0 Å². The van der Waals surface area contributed by atoms with E-state index in [2.05, 4.69) is 49.9 Å². The first-order valence-corrected chi connectivity index (χ1v) is 7.32. The molecule has 0 aliphatic carbocycles. The molecule has 0 aromatic rings. The van der Waals surface area contributed by atoms with Crippen LogP contribution in [-0.4, -0.2) is 62.2 Å². The van der Waals surface area contributed by atoms with Crippen molar-refractivity contribution in [3.63, 3.8) is 0 Å². The predicted octanol–water partition coefficient (Wildman–Crippen LogP) is 2.04. The minimum absolute atomic E-state index is 0.750. The summed E-state index contributed by atoms with van der Waals surface area (Å²) in [5, 5.41) is 3.54. The average molecular weight is 243 g/mol. The summed E-state index contributed by atoms with van der Waals surface area (Å²) < 4.78 is 0. The first-order valence-electron chi connectivity index (χ1n) is 7.32. The van der Waals surface area contributed by atoms with Crippen LogP contribution in [0.25, 0.3) is 0 Å². The topological polar surface area (TPSA) is 18.5 Å². The van der Waals surface area contributed by atoms with Crippen molar-refractivity contribution in [3.8, 4) is 0 Å². The number of rotatable bonds is 11. The Kier molecular flexibility index (Phi) is 10.9. The van der Waals surface area contributed by atoms with Crippen LogP contribution in [0.4, 0.5) is 0 Å². The predicted molar refractivity (Wildman–Crippen MR) is 77.7 cm³/mol. The standard InChI is InChI=1S/C14H33N3/c1-6-14(7-2)16(5)12-10-15-11-13-17(8-3)9-4/h14-15H,6-13H2,1-5H3. The van der Waals surface area contributed by atoms with Crippen molar-refractivity contribution in [2.24, 2.45) is 0 Å². The van der Waals surface area contributed by atoms with Crippen molar-refractivity contribution in [2.75, 3.05) is 46.3 Å². The maximum absolute atomic E-state index is 3.54. The molecule has 1 N–H and O–H groups in total. The maximum atomic E-state index is 3.54. The summed E-state index contributed by atoms with van der Waals surface area (Å²) in [4.78, 5) is 4.93. The van der Waals surface area contributed by atoms with Crippen molar-refractivity contribution >= 4 is 0 Å². The third-order valence-electron chi connectivity index (χ3n) is 3.71. The van der Waals surface area contributed by atoms with E-state index in [0.717, 1.165) is 38.8 Å². The fourth-order valence-corrected chi connectivity index (χ4v) is 2.25. The van der Waals surface area contributed by atoms with Crippen LogP contribution in [0.15, 0.2) is 0 Å². The van der Waals surface area contributed by atoms with Gasteiger partial charge in [0.1, 0.15) is 0 Å². The number of likely N-dealkylation sites (N-methyl/N-ethyl adjacent to an activating group) is 2. The summed E-state index contributed by atoms with van der Waals surface area (Å²) in [7, 11) is 2.24. The maximum Gasteiger partial charge on any atom is 0.0107 e. The van der Waals surface area contributed by atoms with Crippen LogP contribution < -0.4 is 5.32 Å². The molecule has 17 heavy (non-hydrogen) atoms. The Labute approximate surface area is 109 Å². The second-order valence-electron chi connectivity index (χ2n) is 4.73. The van der Waals surface area contributed by atoms with E-state index < -0.39 is 0 Å². The second kappa shape index (κ2) is 11.0. The highest BCUT2D eigenvalue weighted by atomic mass is 15.2. The van der Waals surface area contributed by atoms with E-state index in [-0.39, 0.29) is 0 Å². The van der Waals surface area contributed by atoms with Crippen LogP contribution in [-0.2, 0) is 0 Å². The number of hydrogen-bond donors (Lipinski definition) is 1. The van der Waals surface area contributed by atoms with Gasteiger partial charge >= 0.3 is 0 Å². The monoisotopic (exact) mass is 243 g/mol. The molecule has 0 bridgehead atoms. The molecule has 0 fully saturated rings. The fraction of sp³-hybridized carbons (Fsp3) is 1.00. The lowest BCUT2D eigenvalue weighted by Gasteiger charge is -2.26. The van der Waals surface area contributed by atoms with Crippen LogP contribution >= 0.6 is 0 Å². The van der Waals surface area contributed by atoms with Gasteiger partial charge in [-0.1, -0.05) is 27.7 Å². The molecule has 0 rings (SSSR count).